The van der Waals surface area contributed by atoms with Gasteiger partial charge >= 0.3 is 0 Å². The highest BCUT2D eigenvalue weighted by Crippen LogP contribution is 2.18. The number of nitrogens with zero attached hydrogens (tertiary/aromatic N) is 1. The van der Waals surface area contributed by atoms with Crippen molar-refractivity contribution < 1.29 is 0 Å². The maximum absolute atomic E-state index is 3.96. The monoisotopic (exact) mass is 194 g/mol. The molecule has 0 spiro atoms. The number of rotatable bonds is 5. The van der Waals surface area contributed by atoms with E-state index in [-0.39, 0.29) is 0 Å². The van der Waals surface area contributed by atoms with Crippen LogP contribution in [0.25, 0.3) is 0 Å². The number of pyridine rings is 1. The molecule has 0 atom stereocenters. The van der Waals surface area contributed by atoms with Crippen molar-refractivity contribution in [3.8, 4) is 0 Å². The van der Waals surface area contributed by atoms with Crippen LogP contribution >= 0.6 is 11.8 Å². The van der Waals surface area contributed by atoms with Crippen molar-refractivity contribution in [2.45, 2.75) is 4.90 Å². The molecule has 0 fully saturated rings. The lowest BCUT2D eigenvalue weighted by Gasteiger charge is -2.03. The van der Waals surface area contributed by atoms with Gasteiger partial charge in [0, 0.05) is 29.6 Å². The molecule has 2 nitrogen and oxygen atoms in total. The predicted molar refractivity (Wildman–Crippen MR) is 58.0 cm³/mol. The number of aromatic nitrogens is 1. The van der Waals surface area contributed by atoms with Crippen LogP contribution in [0.5, 0.6) is 0 Å². The largest absolute Gasteiger partial charge is 0.316 e. The normalized spacial score (nSPS) is 9.92. The van der Waals surface area contributed by atoms with Crippen molar-refractivity contribution in [1.29, 1.82) is 0 Å². The fourth-order valence-electron chi connectivity index (χ4n) is 0.921. The Labute approximate surface area is 83.5 Å². The van der Waals surface area contributed by atoms with Gasteiger partial charge < -0.3 is 5.32 Å². The lowest BCUT2D eigenvalue weighted by molar-refractivity contribution is 0.885. The van der Waals surface area contributed by atoms with Crippen LogP contribution in [0.15, 0.2) is 41.6 Å². The Morgan fingerprint density at radius 3 is 2.85 bits per heavy atom. The summed E-state index contributed by atoms with van der Waals surface area (Å²) in [6, 6.07) is 4.02. The fourth-order valence-corrected chi connectivity index (χ4v) is 1.71. The predicted octanol–water partition coefficient (Wildman–Crippen LogP) is 1.95. The Bertz CT molecular complexity index is 259. The molecule has 0 aliphatic heterocycles. The van der Waals surface area contributed by atoms with Crippen LogP contribution in [0.4, 0.5) is 0 Å². The van der Waals surface area contributed by atoms with Gasteiger partial charge in [0.1, 0.15) is 0 Å². The third-order valence-corrected chi connectivity index (χ3v) is 2.68. The second kappa shape index (κ2) is 5.78. The fraction of sp³-hybridized carbons (Fsp3) is 0.300. The number of likely N-dealkylation sites (N-methyl/N-ethyl adjacent to an activating group) is 1. The van der Waals surface area contributed by atoms with Crippen molar-refractivity contribution in [2.75, 3.05) is 19.3 Å². The summed E-state index contributed by atoms with van der Waals surface area (Å²) in [5, 5.41) is 3.08. The van der Waals surface area contributed by atoms with E-state index >= 15 is 0 Å². The van der Waals surface area contributed by atoms with Gasteiger partial charge in [-0.3, -0.25) is 4.98 Å². The molecule has 0 aromatic carbocycles. The Kier molecular flexibility index (Phi) is 4.57. The van der Waals surface area contributed by atoms with E-state index in [0.717, 1.165) is 12.3 Å². The number of hydrogen-bond donors (Lipinski definition) is 1. The molecule has 0 unspecified atom stereocenters. The summed E-state index contributed by atoms with van der Waals surface area (Å²) in [4.78, 5) is 5.20. The van der Waals surface area contributed by atoms with Crippen LogP contribution in [0.3, 0.4) is 0 Å². The average Bonchev–Trinajstić information content (AvgIpc) is 2.17. The van der Waals surface area contributed by atoms with Gasteiger partial charge in [-0.1, -0.05) is 12.2 Å². The van der Waals surface area contributed by atoms with Crippen LogP contribution < -0.4 is 5.32 Å². The molecule has 1 aromatic heterocycles. The second-order valence-electron chi connectivity index (χ2n) is 2.75. The van der Waals surface area contributed by atoms with Crippen LogP contribution in [-0.2, 0) is 0 Å². The van der Waals surface area contributed by atoms with Gasteiger partial charge in [-0.15, -0.1) is 11.8 Å². The standard InChI is InChI=1S/C10H14N2S/c1-9(7-11-2)8-13-10-3-5-12-6-4-10/h3-6,11H,1,7-8H2,2H3. The van der Waals surface area contributed by atoms with Crippen molar-refractivity contribution in [3.05, 3.63) is 36.7 Å². The quantitative estimate of drug-likeness (QED) is 0.573. The SMILES string of the molecule is C=C(CNC)CSc1ccncc1. The molecule has 0 aliphatic rings. The first-order valence-corrected chi connectivity index (χ1v) is 5.15. The molecule has 0 saturated carbocycles. The van der Waals surface area contributed by atoms with Crippen molar-refractivity contribution in [3.63, 3.8) is 0 Å². The average molecular weight is 194 g/mol. The first-order valence-electron chi connectivity index (χ1n) is 4.17. The Balaban J connectivity index is 2.31. The Morgan fingerprint density at radius 2 is 2.23 bits per heavy atom. The lowest BCUT2D eigenvalue weighted by Crippen LogP contribution is -2.10. The molecule has 1 N–H and O–H groups in total. The third-order valence-electron chi connectivity index (χ3n) is 1.52. The minimum Gasteiger partial charge on any atom is -0.316 e. The van der Waals surface area contributed by atoms with Crippen molar-refractivity contribution in [1.82, 2.24) is 10.3 Å². The molecule has 0 bridgehead atoms. The zero-order valence-electron chi connectivity index (χ0n) is 7.79. The molecule has 0 radical (unpaired) electrons. The van der Waals surface area contributed by atoms with Crippen LogP contribution in [-0.4, -0.2) is 24.3 Å². The van der Waals surface area contributed by atoms with E-state index in [1.807, 2.05) is 31.6 Å². The van der Waals surface area contributed by atoms with Gasteiger partial charge in [-0.2, -0.15) is 0 Å². The highest BCUT2D eigenvalue weighted by molar-refractivity contribution is 7.99. The number of nitrogens with one attached hydrogen (secondary N) is 1. The molecule has 1 rings (SSSR count). The summed E-state index contributed by atoms with van der Waals surface area (Å²) >= 11 is 1.79. The maximum atomic E-state index is 3.96. The van der Waals surface area contributed by atoms with E-state index in [4.69, 9.17) is 0 Å². The van der Waals surface area contributed by atoms with Gasteiger partial charge in [0.25, 0.3) is 0 Å². The highest BCUT2D eigenvalue weighted by Gasteiger charge is 1.95. The lowest BCUT2D eigenvalue weighted by atomic mass is 10.3. The van der Waals surface area contributed by atoms with Crippen LogP contribution in [0.1, 0.15) is 0 Å². The molecule has 0 amide bonds. The molecule has 1 aromatic rings. The van der Waals surface area contributed by atoms with Crippen molar-refractivity contribution >= 4 is 11.8 Å². The summed E-state index contributed by atoms with van der Waals surface area (Å²) in [6.45, 7) is 4.85. The van der Waals surface area contributed by atoms with E-state index in [9.17, 15) is 0 Å². The molecular formula is C10H14N2S. The van der Waals surface area contributed by atoms with Gasteiger partial charge in [0.15, 0.2) is 0 Å². The number of thioether (sulfide) groups is 1. The molecule has 13 heavy (non-hydrogen) atoms. The first-order chi connectivity index (χ1) is 6.33. The van der Waals surface area contributed by atoms with Gasteiger partial charge in [0.2, 0.25) is 0 Å². The van der Waals surface area contributed by atoms with E-state index in [0.29, 0.717) is 0 Å². The van der Waals surface area contributed by atoms with E-state index in [2.05, 4.69) is 16.9 Å². The van der Waals surface area contributed by atoms with E-state index < -0.39 is 0 Å². The van der Waals surface area contributed by atoms with Gasteiger partial charge in [-0.25, -0.2) is 0 Å². The Morgan fingerprint density at radius 1 is 1.54 bits per heavy atom. The van der Waals surface area contributed by atoms with Gasteiger partial charge in [0.05, 0.1) is 0 Å². The van der Waals surface area contributed by atoms with E-state index in [1.54, 1.807) is 11.8 Å². The molecular weight excluding hydrogens is 180 g/mol. The van der Waals surface area contributed by atoms with E-state index in [1.165, 1.54) is 10.5 Å². The highest BCUT2D eigenvalue weighted by atomic mass is 32.2. The smallest absolute Gasteiger partial charge is 0.0278 e. The molecule has 0 aliphatic carbocycles. The summed E-state index contributed by atoms with van der Waals surface area (Å²) in [7, 11) is 1.93. The van der Waals surface area contributed by atoms with Crippen LogP contribution in [0.2, 0.25) is 0 Å². The molecule has 70 valence electrons. The minimum absolute atomic E-state index is 0.887. The Hall–Kier alpha value is -0.800. The van der Waals surface area contributed by atoms with Gasteiger partial charge in [-0.05, 0) is 19.2 Å². The summed E-state index contributed by atoms with van der Waals surface area (Å²) in [5.74, 6) is 0.963. The first kappa shape index (κ1) is 10.3. The van der Waals surface area contributed by atoms with Crippen LogP contribution in [0, 0.1) is 0 Å². The second-order valence-corrected chi connectivity index (χ2v) is 3.80. The molecule has 3 heteroatoms. The molecule has 1 heterocycles. The maximum Gasteiger partial charge on any atom is 0.0278 e. The van der Waals surface area contributed by atoms with Crippen molar-refractivity contribution in [2.24, 2.45) is 0 Å². The molecule has 0 saturated heterocycles. The zero-order valence-corrected chi connectivity index (χ0v) is 8.60. The summed E-state index contributed by atoms with van der Waals surface area (Å²) in [6.07, 6.45) is 3.62. The minimum atomic E-state index is 0.887. The summed E-state index contributed by atoms with van der Waals surface area (Å²) in [5.41, 5.74) is 1.21. The topological polar surface area (TPSA) is 24.9 Å². The number of hydrogen-bond acceptors (Lipinski definition) is 3. The zero-order chi connectivity index (χ0) is 9.52. The third kappa shape index (κ3) is 4.10. The summed E-state index contributed by atoms with van der Waals surface area (Å²) < 4.78 is 0.